The molecule has 0 aromatic carbocycles. The molecule has 0 unspecified atom stereocenters. The molecule has 7 heteroatoms. The summed E-state index contributed by atoms with van der Waals surface area (Å²) in [7, 11) is 0. The highest BCUT2D eigenvalue weighted by atomic mass is 16.5. The van der Waals surface area contributed by atoms with Crippen molar-refractivity contribution in [3.8, 4) is 5.88 Å². The van der Waals surface area contributed by atoms with Gasteiger partial charge >= 0.3 is 6.03 Å². The van der Waals surface area contributed by atoms with Gasteiger partial charge in [-0.15, -0.1) is 0 Å². The average Bonchev–Trinajstić information content (AvgIpc) is 3.16. The number of nitrogens with zero attached hydrogens (tertiary/aromatic N) is 2. The van der Waals surface area contributed by atoms with Crippen LogP contribution in [-0.2, 0) is 4.74 Å². The zero-order valence-electron chi connectivity index (χ0n) is 14.5. The van der Waals surface area contributed by atoms with E-state index in [0.29, 0.717) is 43.8 Å². The van der Waals surface area contributed by atoms with E-state index in [1.165, 1.54) is 0 Å². The van der Waals surface area contributed by atoms with Gasteiger partial charge in [0, 0.05) is 12.6 Å². The molecule has 2 amide bonds. The fourth-order valence-electron chi connectivity index (χ4n) is 2.47. The van der Waals surface area contributed by atoms with Crippen LogP contribution >= 0.6 is 0 Å². The molecule has 1 saturated heterocycles. The summed E-state index contributed by atoms with van der Waals surface area (Å²) in [5.41, 5.74) is 0.628. The molecule has 0 bridgehead atoms. The van der Waals surface area contributed by atoms with Crippen LogP contribution in [0.15, 0.2) is 41.1 Å². The smallest absolute Gasteiger partial charge is 0.322 e. The van der Waals surface area contributed by atoms with Crippen molar-refractivity contribution in [1.29, 1.82) is 0 Å². The van der Waals surface area contributed by atoms with E-state index in [2.05, 4.69) is 24.1 Å². The second kappa shape index (κ2) is 8.02. The van der Waals surface area contributed by atoms with Crippen molar-refractivity contribution in [3.05, 3.63) is 42.5 Å². The molecule has 1 aliphatic heterocycles. The minimum atomic E-state index is -0.237. The molecule has 7 nitrogen and oxygen atoms in total. The van der Waals surface area contributed by atoms with E-state index in [4.69, 9.17) is 13.9 Å². The van der Waals surface area contributed by atoms with Crippen molar-refractivity contribution in [2.45, 2.75) is 20.0 Å². The Morgan fingerprint density at radius 2 is 2.32 bits per heavy atom. The summed E-state index contributed by atoms with van der Waals surface area (Å²) in [6, 6.07) is 7.02. The Morgan fingerprint density at radius 1 is 1.44 bits per heavy atom. The van der Waals surface area contributed by atoms with Crippen LogP contribution in [0.25, 0.3) is 0 Å². The number of urea groups is 1. The number of hydrogen-bond acceptors (Lipinski definition) is 5. The van der Waals surface area contributed by atoms with E-state index in [1.807, 2.05) is 12.1 Å². The van der Waals surface area contributed by atoms with Gasteiger partial charge in [0.2, 0.25) is 5.88 Å². The highest BCUT2D eigenvalue weighted by Gasteiger charge is 2.27. The highest BCUT2D eigenvalue weighted by molar-refractivity contribution is 5.89. The Kier molecular flexibility index (Phi) is 5.55. The Balaban J connectivity index is 1.54. The SMILES string of the molecule is CC(C)COc1ccc(NC(=O)N2CCO[C@H](c3ccco3)C2)cn1. The summed E-state index contributed by atoms with van der Waals surface area (Å²) in [5.74, 6) is 1.71. The maximum atomic E-state index is 12.5. The van der Waals surface area contributed by atoms with E-state index < -0.39 is 0 Å². The van der Waals surface area contributed by atoms with Gasteiger partial charge in [0.15, 0.2) is 0 Å². The number of carbonyl (C=O) groups is 1. The van der Waals surface area contributed by atoms with Gasteiger partial charge in [0.25, 0.3) is 0 Å². The Morgan fingerprint density at radius 3 is 3.00 bits per heavy atom. The molecule has 1 N–H and O–H groups in total. The van der Waals surface area contributed by atoms with Crippen LogP contribution in [0.3, 0.4) is 0 Å². The van der Waals surface area contributed by atoms with Crippen LogP contribution in [0.4, 0.5) is 10.5 Å². The van der Waals surface area contributed by atoms with E-state index in [-0.39, 0.29) is 12.1 Å². The highest BCUT2D eigenvalue weighted by Crippen LogP contribution is 2.23. The number of furan rings is 1. The van der Waals surface area contributed by atoms with Gasteiger partial charge in [-0.25, -0.2) is 9.78 Å². The third kappa shape index (κ3) is 4.73. The van der Waals surface area contributed by atoms with Gasteiger partial charge in [-0.1, -0.05) is 13.8 Å². The lowest BCUT2D eigenvalue weighted by atomic mass is 10.2. The lowest BCUT2D eigenvalue weighted by Gasteiger charge is -2.31. The van der Waals surface area contributed by atoms with Crippen molar-refractivity contribution in [1.82, 2.24) is 9.88 Å². The third-order valence-corrected chi connectivity index (χ3v) is 3.77. The number of carbonyl (C=O) groups excluding carboxylic acids is 1. The molecular formula is C18H23N3O4. The van der Waals surface area contributed by atoms with Crippen molar-refractivity contribution < 1.29 is 18.7 Å². The van der Waals surface area contributed by atoms with Crippen LogP contribution in [0.5, 0.6) is 5.88 Å². The van der Waals surface area contributed by atoms with Crippen molar-refractivity contribution >= 4 is 11.7 Å². The number of nitrogens with one attached hydrogen (secondary N) is 1. The molecule has 2 aromatic rings. The van der Waals surface area contributed by atoms with Crippen molar-refractivity contribution in [2.24, 2.45) is 5.92 Å². The zero-order valence-corrected chi connectivity index (χ0v) is 14.5. The fourth-order valence-corrected chi connectivity index (χ4v) is 2.47. The summed E-state index contributed by atoms with van der Waals surface area (Å²) in [4.78, 5) is 18.4. The van der Waals surface area contributed by atoms with Crippen LogP contribution in [0, 0.1) is 5.92 Å². The van der Waals surface area contributed by atoms with E-state index >= 15 is 0 Å². The van der Waals surface area contributed by atoms with Gasteiger partial charge in [-0.05, 0) is 24.1 Å². The molecule has 0 radical (unpaired) electrons. The van der Waals surface area contributed by atoms with Crippen LogP contribution in [-0.4, -0.2) is 42.2 Å². The van der Waals surface area contributed by atoms with Gasteiger partial charge in [-0.3, -0.25) is 0 Å². The number of aromatic nitrogens is 1. The number of hydrogen-bond donors (Lipinski definition) is 1. The molecule has 1 fully saturated rings. The summed E-state index contributed by atoms with van der Waals surface area (Å²) in [6.45, 7) is 6.22. The maximum Gasteiger partial charge on any atom is 0.322 e. The normalized spacial score (nSPS) is 17.6. The molecule has 25 heavy (non-hydrogen) atoms. The fraction of sp³-hybridized carbons (Fsp3) is 0.444. The quantitative estimate of drug-likeness (QED) is 0.899. The molecule has 0 aliphatic carbocycles. The first-order valence-electron chi connectivity index (χ1n) is 8.41. The number of anilines is 1. The summed E-state index contributed by atoms with van der Waals surface area (Å²) in [5, 5.41) is 2.85. The first kappa shape index (κ1) is 17.3. The molecule has 3 rings (SSSR count). The summed E-state index contributed by atoms with van der Waals surface area (Å²) >= 11 is 0. The largest absolute Gasteiger partial charge is 0.477 e. The lowest BCUT2D eigenvalue weighted by molar-refractivity contribution is -0.0242. The minimum Gasteiger partial charge on any atom is -0.477 e. The van der Waals surface area contributed by atoms with Gasteiger partial charge < -0.3 is 24.1 Å². The second-order valence-electron chi connectivity index (χ2n) is 6.34. The Hall–Kier alpha value is -2.54. The predicted octanol–water partition coefficient (Wildman–Crippen LogP) is 3.31. The number of ether oxygens (including phenoxy) is 2. The number of morpholine rings is 1. The number of rotatable bonds is 5. The second-order valence-corrected chi connectivity index (χ2v) is 6.34. The first-order chi connectivity index (χ1) is 12.1. The van der Waals surface area contributed by atoms with Crippen LogP contribution in [0.2, 0.25) is 0 Å². The molecule has 0 saturated carbocycles. The summed E-state index contributed by atoms with van der Waals surface area (Å²) in [6.07, 6.45) is 2.96. The van der Waals surface area contributed by atoms with E-state index in [0.717, 1.165) is 5.76 Å². The van der Waals surface area contributed by atoms with E-state index in [1.54, 1.807) is 29.5 Å². The zero-order chi connectivity index (χ0) is 17.6. The average molecular weight is 345 g/mol. The number of pyridine rings is 1. The third-order valence-electron chi connectivity index (χ3n) is 3.77. The Labute approximate surface area is 146 Å². The van der Waals surface area contributed by atoms with Gasteiger partial charge in [-0.2, -0.15) is 0 Å². The Bertz CT molecular complexity index is 670. The standard InChI is InChI=1S/C18H23N3O4/c1-13(2)12-25-17-6-5-14(10-19-17)20-18(22)21-7-9-24-16(11-21)15-4-3-8-23-15/h3-6,8,10,13,16H,7,9,11-12H2,1-2H3,(H,20,22)/t16-/m0/s1. The topological polar surface area (TPSA) is 76.8 Å². The molecule has 1 aliphatic rings. The van der Waals surface area contributed by atoms with Gasteiger partial charge in [0.1, 0.15) is 11.9 Å². The van der Waals surface area contributed by atoms with Crippen LogP contribution < -0.4 is 10.1 Å². The van der Waals surface area contributed by atoms with Gasteiger partial charge in [0.05, 0.1) is 37.9 Å². The molecule has 1 atom stereocenters. The molecule has 3 heterocycles. The maximum absolute atomic E-state index is 12.5. The van der Waals surface area contributed by atoms with Crippen molar-refractivity contribution in [3.63, 3.8) is 0 Å². The first-order valence-corrected chi connectivity index (χ1v) is 8.41. The lowest BCUT2D eigenvalue weighted by Crippen LogP contribution is -2.44. The van der Waals surface area contributed by atoms with Crippen molar-refractivity contribution in [2.75, 3.05) is 31.6 Å². The molecule has 0 spiro atoms. The van der Waals surface area contributed by atoms with Crippen LogP contribution in [0.1, 0.15) is 25.7 Å². The monoisotopic (exact) mass is 345 g/mol. The summed E-state index contributed by atoms with van der Waals surface area (Å²) < 4.78 is 16.6. The van der Waals surface area contributed by atoms with E-state index in [9.17, 15) is 4.79 Å². The number of amides is 2. The molecule has 2 aromatic heterocycles. The molecular weight excluding hydrogens is 322 g/mol. The minimum absolute atomic E-state index is 0.183. The predicted molar refractivity (Wildman–Crippen MR) is 92.6 cm³/mol. The molecule has 134 valence electrons.